The maximum atomic E-state index is 13.5. The van der Waals surface area contributed by atoms with Gasteiger partial charge < -0.3 is 23.8 Å². The number of carbonyl (C=O) groups excluding carboxylic acids is 1. The number of carbonyl (C=O) groups is 1. The Morgan fingerprint density at radius 2 is 1.85 bits per heavy atom. The highest BCUT2D eigenvalue weighted by molar-refractivity contribution is 5.80. The molecule has 0 amide bonds. The van der Waals surface area contributed by atoms with Crippen molar-refractivity contribution in [2.75, 3.05) is 37.8 Å². The minimum Gasteiger partial charge on any atom is -0.464 e. The standard InChI is InChI=1S/C34H51N7O5/c1-11-18-44-29(23(4)5)26-22-40(38-36-26)21-25-20-27-35-24(6)28(30(32(42)43-13-3)46-33(7,8)9)31(41(27)37-25)39-16-14-34(10,15-17-39)45-19-12-2/h11-12,20,22-23,29-30H,1-2,13-19,21H2,3-10H3. The molecule has 0 radical (unpaired) electrons. The fraction of sp³-hybridized carbons (Fsp3) is 0.618. The largest absolute Gasteiger partial charge is 0.464 e. The predicted molar refractivity (Wildman–Crippen MR) is 177 cm³/mol. The molecular formula is C34H51N7O5. The van der Waals surface area contributed by atoms with Crippen molar-refractivity contribution in [1.29, 1.82) is 0 Å². The predicted octanol–water partition coefficient (Wildman–Crippen LogP) is 5.56. The summed E-state index contributed by atoms with van der Waals surface area (Å²) in [5.41, 5.74) is 2.58. The van der Waals surface area contributed by atoms with Gasteiger partial charge in [0.2, 0.25) is 0 Å². The van der Waals surface area contributed by atoms with Crippen LogP contribution in [0.2, 0.25) is 0 Å². The highest BCUT2D eigenvalue weighted by Crippen LogP contribution is 2.38. The molecule has 0 aromatic carbocycles. The van der Waals surface area contributed by atoms with Crippen molar-refractivity contribution in [3.63, 3.8) is 0 Å². The molecule has 0 spiro atoms. The van der Waals surface area contributed by atoms with Gasteiger partial charge in [-0.1, -0.05) is 31.2 Å². The monoisotopic (exact) mass is 637 g/mol. The zero-order valence-corrected chi connectivity index (χ0v) is 28.8. The molecule has 46 heavy (non-hydrogen) atoms. The summed E-state index contributed by atoms with van der Waals surface area (Å²) in [6.45, 7) is 26.3. The van der Waals surface area contributed by atoms with E-state index in [1.807, 2.05) is 44.5 Å². The summed E-state index contributed by atoms with van der Waals surface area (Å²) in [4.78, 5) is 20.7. The highest BCUT2D eigenvalue weighted by atomic mass is 16.6. The van der Waals surface area contributed by atoms with Gasteiger partial charge in [0.15, 0.2) is 11.8 Å². The van der Waals surface area contributed by atoms with Crippen LogP contribution in [0.1, 0.15) is 96.2 Å². The average molecular weight is 638 g/mol. The number of fused-ring (bicyclic) bond motifs is 1. The minimum absolute atomic E-state index is 0.200. The quantitative estimate of drug-likeness (QED) is 0.155. The van der Waals surface area contributed by atoms with Crippen LogP contribution in [0.3, 0.4) is 0 Å². The Balaban J connectivity index is 1.78. The summed E-state index contributed by atoms with van der Waals surface area (Å²) in [5.74, 6) is 0.517. The molecule has 2 unspecified atom stereocenters. The number of aromatic nitrogens is 6. The third kappa shape index (κ3) is 8.40. The molecule has 2 atom stereocenters. The maximum Gasteiger partial charge on any atom is 0.340 e. The number of hydrogen-bond donors (Lipinski definition) is 0. The van der Waals surface area contributed by atoms with E-state index in [0.717, 1.165) is 30.0 Å². The number of ether oxygens (including phenoxy) is 4. The number of rotatable bonds is 15. The molecule has 0 bridgehead atoms. The van der Waals surface area contributed by atoms with Gasteiger partial charge in [0.05, 0.1) is 55.0 Å². The molecule has 3 aromatic rings. The van der Waals surface area contributed by atoms with E-state index in [0.29, 0.717) is 49.8 Å². The minimum atomic E-state index is -0.994. The number of anilines is 1. The Bertz CT molecular complexity index is 1500. The molecule has 1 aliphatic rings. The van der Waals surface area contributed by atoms with Crippen LogP contribution in [0.5, 0.6) is 0 Å². The molecule has 252 valence electrons. The summed E-state index contributed by atoms with van der Waals surface area (Å²) in [5, 5.41) is 13.8. The van der Waals surface area contributed by atoms with Gasteiger partial charge in [-0.05, 0) is 60.3 Å². The molecular weight excluding hydrogens is 586 g/mol. The van der Waals surface area contributed by atoms with Crippen LogP contribution in [-0.4, -0.2) is 79.7 Å². The first-order chi connectivity index (χ1) is 21.8. The molecule has 4 heterocycles. The molecule has 3 aromatic heterocycles. The Morgan fingerprint density at radius 1 is 1.15 bits per heavy atom. The van der Waals surface area contributed by atoms with Crippen molar-refractivity contribution in [2.24, 2.45) is 5.92 Å². The average Bonchev–Trinajstić information content (AvgIpc) is 3.61. The van der Waals surface area contributed by atoms with Crippen molar-refractivity contribution in [1.82, 2.24) is 29.6 Å². The molecule has 1 aliphatic heterocycles. The van der Waals surface area contributed by atoms with Crippen molar-refractivity contribution in [3.05, 3.63) is 60.2 Å². The summed E-state index contributed by atoms with van der Waals surface area (Å²) in [6.07, 6.45) is 5.78. The van der Waals surface area contributed by atoms with Gasteiger partial charge in [0.1, 0.15) is 17.6 Å². The lowest BCUT2D eigenvalue weighted by molar-refractivity contribution is -0.166. The second kappa shape index (κ2) is 14.9. The van der Waals surface area contributed by atoms with E-state index in [-0.39, 0.29) is 24.2 Å². The zero-order chi connectivity index (χ0) is 33.6. The summed E-state index contributed by atoms with van der Waals surface area (Å²) in [6, 6.07) is 1.95. The Kier molecular flexibility index (Phi) is 11.4. The summed E-state index contributed by atoms with van der Waals surface area (Å²) in [7, 11) is 0. The van der Waals surface area contributed by atoms with E-state index < -0.39 is 17.7 Å². The summed E-state index contributed by atoms with van der Waals surface area (Å²) < 4.78 is 27.6. The Labute approximate surface area is 272 Å². The lowest BCUT2D eigenvalue weighted by atomic mass is 9.92. The number of piperidine rings is 1. The van der Waals surface area contributed by atoms with Crippen molar-refractivity contribution in [3.8, 4) is 0 Å². The van der Waals surface area contributed by atoms with E-state index >= 15 is 0 Å². The van der Waals surface area contributed by atoms with E-state index in [4.69, 9.17) is 29.0 Å². The van der Waals surface area contributed by atoms with Crippen LogP contribution in [0, 0.1) is 12.8 Å². The van der Waals surface area contributed by atoms with E-state index in [1.54, 1.807) is 23.8 Å². The summed E-state index contributed by atoms with van der Waals surface area (Å²) >= 11 is 0. The van der Waals surface area contributed by atoms with E-state index in [1.165, 1.54) is 0 Å². The normalized spacial score (nSPS) is 16.5. The Morgan fingerprint density at radius 3 is 2.46 bits per heavy atom. The van der Waals surface area contributed by atoms with Crippen molar-refractivity contribution < 1.29 is 23.7 Å². The van der Waals surface area contributed by atoms with E-state index in [2.05, 4.69) is 49.1 Å². The van der Waals surface area contributed by atoms with Gasteiger partial charge in [-0.2, -0.15) is 9.61 Å². The first kappa shape index (κ1) is 35.2. The first-order valence-electron chi connectivity index (χ1n) is 16.1. The second-order valence-electron chi connectivity index (χ2n) is 13.4. The van der Waals surface area contributed by atoms with Crippen LogP contribution >= 0.6 is 0 Å². The molecule has 4 rings (SSSR count). The van der Waals surface area contributed by atoms with Gasteiger partial charge in [-0.25, -0.2) is 14.5 Å². The van der Waals surface area contributed by atoms with Gasteiger partial charge in [-0.3, -0.25) is 0 Å². The number of esters is 1. The highest BCUT2D eigenvalue weighted by Gasteiger charge is 2.38. The fourth-order valence-corrected chi connectivity index (χ4v) is 5.72. The van der Waals surface area contributed by atoms with E-state index in [9.17, 15) is 4.79 Å². The third-order valence-corrected chi connectivity index (χ3v) is 7.93. The molecule has 1 fully saturated rings. The SMILES string of the molecule is C=CCOC(c1cn(Cc2cc3nc(C)c(C(OC(C)(C)C)C(=O)OCC)c(N4CCC(C)(OCC=C)CC4)n3n2)nn1)C(C)C. The number of hydrogen-bond acceptors (Lipinski definition) is 10. The third-order valence-electron chi connectivity index (χ3n) is 7.93. The van der Waals surface area contributed by atoms with Crippen LogP contribution < -0.4 is 4.90 Å². The van der Waals surface area contributed by atoms with Gasteiger partial charge >= 0.3 is 5.97 Å². The number of nitrogens with zero attached hydrogens (tertiary/aromatic N) is 7. The van der Waals surface area contributed by atoms with Gasteiger partial charge in [-0.15, -0.1) is 18.3 Å². The zero-order valence-electron chi connectivity index (χ0n) is 28.8. The van der Waals surface area contributed by atoms with Crippen molar-refractivity contribution >= 4 is 17.4 Å². The van der Waals surface area contributed by atoms with Gasteiger partial charge in [0, 0.05) is 24.8 Å². The van der Waals surface area contributed by atoms with Crippen molar-refractivity contribution in [2.45, 2.75) is 98.2 Å². The molecule has 0 saturated carbocycles. The molecule has 1 saturated heterocycles. The first-order valence-corrected chi connectivity index (χ1v) is 16.1. The van der Waals surface area contributed by atoms with Gasteiger partial charge in [0.25, 0.3) is 0 Å². The smallest absolute Gasteiger partial charge is 0.340 e. The molecule has 0 N–H and O–H groups in total. The van der Waals surface area contributed by atoms with Crippen LogP contribution in [-0.2, 0) is 30.3 Å². The Hall–Kier alpha value is -3.61. The molecule has 0 aliphatic carbocycles. The van der Waals surface area contributed by atoms with Crippen LogP contribution in [0.15, 0.2) is 37.6 Å². The lowest BCUT2D eigenvalue weighted by Crippen LogP contribution is -2.45. The fourth-order valence-electron chi connectivity index (χ4n) is 5.72. The number of aryl methyl sites for hydroxylation is 1. The lowest BCUT2D eigenvalue weighted by Gasteiger charge is -2.41. The topological polar surface area (TPSA) is 118 Å². The molecule has 12 nitrogen and oxygen atoms in total. The second-order valence-corrected chi connectivity index (χ2v) is 13.4. The molecule has 12 heteroatoms. The van der Waals surface area contributed by atoms with Crippen LogP contribution in [0.4, 0.5) is 5.82 Å². The maximum absolute atomic E-state index is 13.5. The van der Waals surface area contributed by atoms with Crippen LogP contribution in [0.25, 0.3) is 5.65 Å².